The van der Waals surface area contributed by atoms with Crippen LogP contribution in [0.4, 0.5) is 0 Å². The minimum atomic E-state index is -0.965. The lowest BCUT2D eigenvalue weighted by Crippen LogP contribution is -2.08. The third-order valence-corrected chi connectivity index (χ3v) is 2.98. The SMILES string of the molecule is O=C(O)COCCCc1nc(-c2cccs2)no1. The normalized spacial score (nSPS) is 10.7. The van der Waals surface area contributed by atoms with Gasteiger partial charge in [0.15, 0.2) is 0 Å². The Kier molecular flexibility index (Phi) is 4.43. The molecule has 0 atom stereocenters. The van der Waals surface area contributed by atoms with Gasteiger partial charge in [-0.15, -0.1) is 11.3 Å². The van der Waals surface area contributed by atoms with Crippen LogP contribution in [0, 0.1) is 0 Å². The van der Waals surface area contributed by atoms with Gasteiger partial charge in [-0.3, -0.25) is 0 Å². The molecular formula is C11H12N2O4S. The first kappa shape index (κ1) is 12.7. The first-order valence-electron chi connectivity index (χ1n) is 5.41. The second-order valence-electron chi connectivity index (χ2n) is 3.54. The van der Waals surface area contributed by atoms with Crippen LogP contribution in [0.5, 0.6) is 0 Å². The van der Waals surface area contributed by atoms with Crippen LogP contribution >= 0.6 is 11.3 Å². The number of thiophene rings is 1. The van der Waals surface area contributed by atoms with Crippen molar-refractivity contribution in [2.24, 2.45) is 0 Å². The molecule has 0 unspecified atom stereocenters. The monoisotopic (exact) mass is 268 g/mol. The molecule has 0 aromatic carbocycles. The van der Waals surface area contributed by atoms with Gasteiger partial charge in [-0.2, -0.15) is 4.98 Å². The summed E-state index contributed by atoms with van der Waals surface area (Å²) >= 11 is 1.55. The molecular weight excluding hydrogens is 256 g/mol. The molecule has 18 heavy (non-hydrogen) atoms. The molecule has 0 saturated heterocycles. The van der Waals surface area contributed by atoms with Crippen LogP contribution in [0.15, 0.2) is 22.0 Å². The Bertz CT molecular complexity index is 495. The predicted molar refractivity (Wildman–Crippen MR) is 64.4 cm³/mol. The van der Waals surface area contributed by atoms with Gasteiger partial charge in [0, 0.05) is 13.0 Å². The molecule has 2 aromatic heterocycles. The molecule has 96 valence electrons. The number of ether oxygens (including phenoxy) is 1. The fraction of sp³-hybridized carbons (Fsp3) is 0.364. The van der Waals surface area contributed by atoms with Crippen molar-refractivity contribution in [3.8, 4) is 10.7 Å². The lowest BCUT2D eigenvalue weighted by molar-refractivity contribution is -0.142. The van der Waals surface area contributed by atoms with Gasteiger partial charge >= 0.3 is 5.97 Å². The van der Waals surface area contributed by atoms with Crippen LogP contribution in [0.3, 0.4) is 0 Å². The number of aromatic nitrogens is 2. The van der Waals surface area contributed by atoms with Crippen LogP contribution in [0.25, 0.3) is 10.7 Å². The lowest BCUT2D eigenvalue weighted by Gasteiger charge is -1.97. The second kappa shape index (κ2) is 6.27. The van der Waals surface area contributed by atoms with Crippen molar-refractivity contribution in [1.29, 1.82) is 0 Å². The van der Waals surface area contributed by atoms with Gasteiger partial charge in [0.05, 0.1) is 4.88 Å². The molecule has 0 bridgehead atoms. The number of carboxylic acids is 1. The van der Waals surface area contributed by atoms with Gasteiger partial charge in [0.2, 0.25) is 11.7 Å². The van der Waals surface area contributed by atoms with E-state index in [9.17, 15) is 4.79 Å². The molecule has 2 rings (SSSR count). The number of rotatable bonds is 7. The van der Waals surface area contributed by atoms with E-state index in [0.717, 1.165) is 4.88 Å². The fourth-order valence-corrected chi connectivity index (χ4v) is 2.00. The highest BCUT2D eigenvalue weighted by Crippen LogP contribution is 2.21. The number of hydrogen-bond acceptors (Lipinski definition) is 6. The average molecular weight is 268 g/mol. The summed E-state index contributed by atoms with van der Waals surface area (Å²) in [4.78, 5) is 15.4. The highest BCUT2D eigenvalue weighted by Gasteiger charge is 2.08. The van der Waals surface area contributed by atoms with E-state index >= 15 is 0 Å². The first-order valence-corrected chi connectivity index (χ1v) is 6.29. The van der Waals surface area contributed by atoms with Crippen molar-refractivity contribution < 1.29 is 19.2 Å². The summed E-state index contributed by atoms with van der Waals surface area (Å²) in [7, 11) is 0. The fourth-order valence-electron chi connectivity index (χ4n) is 1.35. The van der Waals surface area contributed by atoms with E-state index in [1.54, 1.807) is 11.3 Å². The summed E-state index contributed by atoms with van der Waals surface area (Å²) in [5.41, 5.74) is 0. The number of carbonyl (C=O) groups is 1. The minimum Gasteiger partial charge on any atom is -0.480 e. The van der Waals surface area contributed by atoms with Crippen LogP contribution in [-0.2, 0) is 16.0 Å². The molecule has 0 aliphatic carbocycles. The van der Waals surface area contributed by atoms with Crippen LogP contribution in [-0.4, -0.2) is 34.4 Å². The van der Waals surface area contributed by atoms with E-state index < -0.39 is 5.97 Å². The highest BCUT2D eigenvalue weighted by atomic mass is 32.1. The first-order chi connectivity index (χ1) is 8.75. The largest absolute Gasteiger partial charge is 0.480 e. The molecule has 7 heteroatoms. The van der Waals surface area contributed by atoms with E-state index in [-0.39, 0.29) is 6.61 Å². The topological polar surface area (TPSA) is 85.5 Å². The van der Waals surface area contributed by atoms with Gasteiger partial charge in [-0.25, -0.2) is 4.79 Å². The Morgan fingerprint density at radius 1 is 1.56 bits per heavy atom. The van der Waals surface area contributed by atoms with Crippen LogP contribution in [0.2, 0.25) is 0 Å². The van der Waals surface area contributed by atoms with E-state index in [1.807, 2.05) is 17.5 Å². The summed E-state index contributed by atoms with van der Waals surface area (Å²) < 4.78 is 10.00. The summed E-state index contributed by atoms with van der Waals surface area (Å²) in [6, 6.07) is 3.85. The number of nitrogens with zero attached hydrogens (tertiary/aromatic N) is 2. The molecule has 0 radical (unpaired) electrons. The molecule has 0 aliphatic heterocycles. The molecule has 6 nitrogen and oxygen atoms in total. The average Bonchev–Trinajstić information content (AvgIpc) is 2.98. The lowest BCUT2D eigenvalue weighted by atomic mass is 10.3. The summed E-state index contributed by atoms with van der Waals surface area (Å²) in [6.45, 7) is 0.0906. The van der Waals surface area contributed by atoms with E-state index in [4.69, 9.17) is 14.4 Å². The predicted octanol–water partition coefficient (Wildman–Crippen LogP) is 1.83. The maximum Gasteiger partial charge on any atom is 0.329 e. The Hall–Kier alpha value is -1.73. The molecule has 0 amide bonds. The van der Waals surface area contributed by atoms with Crippen molar-refractivity contribution >= 4 is 17.3 Å². The number of aliphatic carboxylic acids is 1. The zero-order valence-electron chi connectivity index (χ0n) is 9.54. The van der Waals surface area contributed by atoms with Gasteiger partial charge in [0.1, 0.15) is 6.61 Å². The second-order valence-corrected chi connectivity index (χ2v) is 4.49. The standard InChI is InChI=1S/C11H12N2O4S/c14-10(15)7-16-5-1-4-9-12-11(13-17-9)8-3-2-6-18-8/h2-3,6H,1,4-5,7H2,(H,14,15). The third-order valence-electron chi connectivity index (χ3n) is 2.11. The zero-order valence-corrected chi connectivity index (χ0v) is 10.4. The van der Waals surface area contributed by atoms with E-state index in [0.29, 0.717) is 31.2 Å². The molecule has 2 aromatic rings. The van der Waals surface area contributed by atoms with Crippen molar-refractivity contribution in [2.45, 2.75) is 12.8 Å². The maximum atomic E-state index is 10.2. The van der Waals surface area contributed by atoms with E-state index in [2.05, 4.69) is 10.1 Å². The summed E-state index contributed by atoms with van der Waals surface area (Å²) in [5, 5.41) is 14.2. The smallest absolute Gasteiger partial charge is 0.329 e. The molecule has 0 spiro atoms. The Morgan fingerprint density at radius 2 is 2.44 bits per heavy atom. The number of carboxylic acid groups (broad SMARTS) is 1. The number of hydrogen-bond donors (Lipinski definition) is 1. The van der Waals surface area contributed by atoms with Crippen molar-refractivity contribution in [1.82, 2.24) is 10.1 Å². The van der Waals surface area contributed by atoms with E-state index in [1.165, 1.54) is 0 Å². The Balaban J connectivity index is 1.76. The minimum absolute atomic E-state index is 0.274. The van der Waals surface area contributed by atoms with Gasteiger partial charge in [0.25, 0.3) is 0 Å². The molecule has 0 fully saturated rings. The molecule has 1 N–H and O–H groups in total. The maximum absolute atomic E-state index is 10.2. The van der Waals surface area contributed by atoms with Crippen LogP contribution < -0.4 is 0 Å². The Morgan fingerprint density at radius 3 is 3.17 bits per heavy atom. The van der Waals surface area contributed by atoms with Crippen molar-refractivity contribution in [2.75, 3.05) is 13.2 Å². The summed E-state index contributed by atoms with van der Waals surface area (Å²) in [6.07, 6.45) is 1.23. The quantitative estimate of drug-likeness (QED) is 0.771. The molecule has 0 aliphatic rings. The number of aryl methyl sites for hydroxylation is 1. The van der Waals surface area contributed by atoms with Crippen molar-refractivity contribution in [3.05, 3.63) is 23.4 Å². The van der Waals surface area contributed by atoms with Crippen molar-refractivity contribution in [3.63, 3.8) is 0 Å². The van der Waals surface area contributed by atoms with Gasteiger partial charge in [-0.1, -0.05) is 11.2 Å². The molecule has 2 heterocycles. The zero-order chi connectivity index (χ0) is 12.8. The Labute approximate surface area is 107 Å². The highest BCUT2D eigenvalue weighted by molar-refractivity contribution is 7.13. The van der Waals surface area contributed by atoms with Gasteiger partial charge in [-0.05, 0) is 17.9 Å². The molecule has 0 saturated carbocycles. The summed E-state index contributed by atoms with van der Waals surface area (Å²) in [5.74, 6) is 0.163. The van der Waals surface area contributed by atoms with Crippen LogP contribution in [0.1, 0.15) is 12.3 Å². The van der Waals surface area contributed by atoms with Gasteiger partial charge < -0.3 is 14.4 Å². The third kappa shape index (κ3) is 3.64.